The second-order valence-corrected chi connectivity index (χ2v) is 5.73. The molecule has 1 aromatic rings. The summed E-state index contributed by atoms with van der Waals surface area (Å²) in [5, 5.41) is 0.449. The molecular formula is C12H18BrNS. The molecule has 0 heterocycles. The number of benzene rings is 1. The fourth-order valence-electron chi connectivity index (χ4n) is 1.35. The van der Waals surface area contributed by atoms with Crippen LogP contribution in [-0.4, -0.2) is 12.3 Å². The topological polar surface area (TPSA) is 26.0 Å². The molecule has 84 valence electrons. The second-order valence-electron chi connectivity index (χ2n) is 3.50. The van der Waals surface area contributed by atoms with Crippen LogP contribution in [0.25, 0.3) is 0 Å². The van der Waals surface area contributed by atoms with Crippen LogP contribution in [0.2, 0.25) is 0 Å². The monoisotopic (exact) mass is 287 g/mol. The molecule has 0 bridgehead atoms. The largest absolute Gasteiger partial charge is 0.329 e. The molecule has 1 atom stereocenters. The fourth-order valence-corrected chi connectivity index (χ4v) is 2.84. The van der Waals surface area contributed by atoms with E-state index < -0.39 is 0 Å². The highest BCUT2D eigenvalue weighted by Gasteiger charge is 2.09. The molecule has 1 nitrogen and oxygen atoms in total. The van der Waals surface area contributed by atoms with Crippen LogP contribution in [0.1, 0.15) is 30.6 Å². The molecule has 1 aromatic carbocycles. The summed E-state index contributed by atoms with van der Waals surface area (Å²) in [6.45, 7) is 2.94. The highest BCUT2D eigenvalue weighted by molar-refractivity contribution is 9.10. The van der Waals surface area contributed by atoms with E-state index in [1.165, 1.54) is 24.2 Å². The lowest BCUT2D eigenvalue weighted by atomic mass is 10.1. The van der Waals surface area contributed by atoms with Gasteiger partial charge in [-0.1, -0.05) is 41.4 Å². The Morgan fingerprint density at radius 3 is 2.53 bits per heavy atom. The van der Waals surface area contributed by atoms with Crippen molar-refractivity contribution in [2.75, 3.05) is 12.3 Å². The van der Waals surface area contributed by atoms with Crippen molar-refractivity contribution in [1.29, 1.82) is 0 Å². The summed E-state index contributed by atoms with van der Waals surface area (Å²) in [4.78, 5) is 0. The summed E-state index contributed by atoms with van der Waals surface area (Å²) in [5.41, 5.74) is 7.13. The van der Waals surface area contributed by atoms with Crippen molar-refractivity contribution in [2.45, 2.75) is 25.0 Å². The van der Waals surface area contributed by atoms with E-state index >= 15 is 0 Å². The van der Waals surface area contributed by atoms with Gasteiger partial charge in [-0.25, -0.2) is 0 Å². The number of rotatable bonds is 6. The predicted molar refractivity (Wildman–Crippen MR) is 73.3 cm³/mol. The average molecular weight is 288 g/mol. The Morgan fingerprint density at radius 2 is 2.00 bits per heavy atom. The molecule has 0 aliphatic heterocycles. The summed E-state index contributed by atoms with van der Waals surface area (Å²) in [5.74, 6) is 1.20. The highest BCUT2D eigenvalue weighted by Crippen LogP contribution is 2.29. The molecule has 1 rings (SSSR count). The van der Waals surface area contributed by atoms with E-state index in [1.807, 2.05) is 11.8 Å². The maximum absolute atomic E-state index is 5.79. The van der Waals surface area contributed by atoms with Crippen LogP contribution < -0.4 is 5.73 Å². The van der Waals surface area contributed by atoms with Gasteiger partial charge in [0.25, 0.3) is 0 Å². The summed E-state index contributed by atoms with van der Waals surface area (Å²) >= 11 is 5.41. The lowest BCUT2D eigenvalue weighted by Crippen LogP contribution is -2.09. The Morgan fingerprint density at radius 1 is 1.33 bits per heavy atom. The number of hydrogen-bond donors (Lipinski definition) is 1. The molecule has 0 fully saturated rings. The predicted octanol–water partition coefficient (Wildman–Crippen LogP) is 3.98. The average Bonchev–Trinajstić information content (AvgIpc) is 2.26. The maximum Gasteiger partial charge on any atom is 0.0419 e. The highest BCUT2D eigenvalue weighted by atomic mass is 79.9. The van der Waals surface area contributed by atoms with Crippen LogP contribution in [0.15, 0.2) is 28.7 Å². The molecule has 0 saturated carbocycles. The van der Waals surface area contributed by atoms with Crippen molar-refractivity contribution in [2.24, 2.45) is 5.73 Å². The lowest BCUT2D eigenvalue weighted by molar-refractivity contribution is 0.882. The Hall–Kier alpha value is 0.01000. The third kappa shape index (κ3) is 4.58. The van der Waals surface area contributed by atoms with Gasteiger partial charge in [0.15, 0.2) is 0 Å². The van der Waals surface area contributed by atoms with E-state index in [1.54, 1.807) is 0 Å². The van der Waals surface area contributed by atoms with E-state index in [-0.39, 0.29) is 0 Å². The molecule has 15 heavy (non-hydrogen) atoms. The molecule has 2 N–H and O–H groups in total. The minimum Gasteiger partial charge on any atom is -0.329 e. The van der Waals surface area contributed by atoms with Gasteiger partial charge in [0, 0.05) is 16.3 Å². The molecule has 0 amide bonds. The fraction of sp³-hybridized carbons (Fsp3) is 0.500. The van der Waals surface area contributed by atoms with E-state index in [0.29, 0.717) is 5.25 Å². The van der Waals surface area contributed by atoms with Gasteiger partial charge < -0.3 is 5.73 Å². The van der Waals surface area contributed by atoms with Gasteiger partial charge in [-0.15, -0.1) is 0 Å². The summed E-state index contributed by atoms with van der Waals surface area (Å²) in [6, 6.07) is 8.47. The normalized spacial score (nSPS) is 12.7. The van der Waals surface area contributed by atoms with E-state index in [2.05, 4.69) is 47.1 Å². The molecule has 0 aromatic heterocycles. The van der Waals surface area contributed by atoms with Crippen LogP contribution in [0.4, 0.5) is 0 Å². The molecule has 0 aliphatic carbocycles. The van der Waals surface area contributed by atoms with Gasteiger partial charge in [-0.3, -0.25) is 0 Å². The number of nitrogens with two attached hydrogens (primary N) is 1. The Balaban J connectivity index is 2.53. The van der Waals surface area contributed by atoms with Crippen LogP contribution in [-0.2, 0) is 0 Å². The Kier molecular flexibility index (Phi) is 6.37. The van der Waals surface area contributed by atoms with Crippen molar-refractivity contribution >= 4 is 27.7 Å². The van der Waals surface area contributed by atoms with Crippen molar-refractivity contribution < 1.29 is 0 Å². The van der Waals surface area contributed by atoms with Crippen molar-refractivity contribution in [3.05, 3.63) is 34.3 Å². The van der Waals surface area contributed by atoms with E-state index in [0.717, 1.165) is 11.0 Å². The van der Waals surface area contributed by atoms with Gasteiger partial charge in [-0.05, 0) is 29.9 Å². The minimum absolute atomic E-state index is 0.449. The third-order valence-electron chi connectivity index (χ3n) is 2.27. The van der Waals surface area contributed by atoms with Crippen molar-refractivity contribution in [3.8, 4) is 0 Å². The lowest BCUT2D eigenvalue weighted by Gasteiger charge is -2.14. The number of halogens is 1. The van der Waals surface area contributed by atoms with E-state index in [4.69, 9.17) is 5.73 Å². The quantitative estimate of drug-likeness (QED) is 0.801. The smallest absolute Gasteiger partial charge is 0.0419 e. The summed E-state index contributed by atoms with van der Waals surface area (Å²) < 4.78 is 1.13. The Bertz CT molecular complexity index is 273. The van der Waals surface area contributed by atoms with Gasteiger partial charge in [-0.2, -0.15) is 11.8 Å². The zero-order valence-electron chi connectivity index (χ0n) is 9.08. The maximum atomic E-state index is 5.79. The summed E-state index contributed by atoms with van der Waals surface area (Å²) in [7, 11) is 0. The first kappa shape index (κ1) is 13.1. The van der Waals surface area contributed by atoms with Gasteiger partial charge in [0.05, 0.1) is 0 Å². The first-order valence-electron chi connectivity index (χ1n) is 5.35. The number of hydrogen-bond acceptors (Lipinski definition) is 2. The minimum atomic E-state index is 0.449. The van der Waals surface area contributed by atoms with Crippen LogP contribution in [0.3, 0.4) is 0 Å². The SMILES string of the molecule is CCCCSC(CN)c1ccc(Br)cc1. The molecule has 0 spiro atoms. The molecule has 3 heteroatoms. The first-order chi connectivity index (χ1) is 7.27. The second kappa shape index (κ2) is 7.31. The van der Waals surface area contributed by atoms with Gasteiger partial charge in [0.2, 0.25) is 0 Å². The van der Waals surface area contributed by atoms with Crippen molar-refractivity contribution in [3.63, 3.8) is 0 Å². The first-order valence-corrected chi connectivity index (χ1v) is 7.19. The zero-order chi connectivity index (χ0) is 11.1. The molecule has 1 unspecified atom stereocenters. The van der Waals surface area contributed by atoms with E-state index in [9.17, 15) is 0 Å². The van der Waals surface area contributed by atoms with Crippen LogP contribution in [0, 0.1) is 0 Å². The van der Waals surface area contributed by atoms with Crippen LogP contribution >= 0.6 is 27.7 Å². The van der Waals surface area contributed by atoms with Crippen LogP contribution in [0.5, 0.6) is 0 Å². The molecular weight excluding hydrogens is 270 g/mol. The molecule has 0 radical (unpaired) electrons. The number of thioether (sulfide) groups is 1. The van der Waals surface area contributed by atoms with Gasteiger partial charge in [0.1, 0.15) is 0 Å². The summed E-state index contributed by atoms with van der Waals surface area (Å²) in [6.07, 6.45) is 2.53. The zero-order valence-corrected chi connectivity index (χ0v) is 11.5. The Labute approximate surface area is 105 Å². The van der Waals surface area contributed by atoms with Crippen molar-refractivity contribution in [1.82, 2.24) is 0 Å². The molecule has 0 aliphatic rings. The number of unbranched alkanes of at least 4 members (excludes halogenated alkanes) is 1. The van der Waals surface area contributed by atoms with Gasteiger partial charge >= 0.3 is 0 Å². The standard InChI is InChI=1S/C12H18BrNS/c1-2-3-8-15-12(9-14)10-4-6-11(13)7-5-10/h4-7,12H,2-3,8-9,14H2,1H3. The molecule has 0 saturated heterocycles. The third-order valence-corrected chi connectivity index (χ3v) is 4.19.